The van der Waals surface area contributed by atoms with Crippen LogP contribution in [0.5, 0.6) is 0 Å². The minimum atomic E-state index is -3.27. The summed E-state index contributed by atoms with van der Waals surface area (Å²) < 4.78 is 87.0. The lowest BCUT2D eigenvalue weighted by Crippen LogP contribution is -2.33. The maximum Gasteiger partial charge on any atom is 0.329 e. The lowest BCUT2D eigenvalue weighted by Gasteiger charge is -2.28. The number of aromatic nitrogens is 2. The van der Waals surface area contributed by atoms with Gasteiger partial charge >= 0.3 is 5.97 Å². The van der Waals surface area contributed by atoms with Gasteiger partial charge in [0.25, 0.3) is 0 Å². The van der Waals surface area contributed by atoms with Crippen molar-refractivity contribution in [2.24, 2.45) is 0 Å². The highest BCUT2D eigenvalue weighted by Gasteiger charge is 2.17. The zero-order valence-corrected chi connectivity index (χ0v) is 16.7. The first-order valence-corrected chi connectivity index (χ1v) is 9.49. The molecule has 3 rings (SSSR count). The van der Waals surface area contributed by atoms with Crippen molar-refractivity contribution in [3.63, 3.8) is 0 Å². The van der Waals surface area contributed by atoms with Crippen LogP contribution in [0.1, 0.15) is 40.2 Å². The molecular formula is C25H29N3O3. The number of hydrogen-bond donors (Lipinski definition) is 1. The van der Waals surface area contributed by atoms with Gasteiger partial charge in [0, 0.05) is 44.0 Å². The van der Waals surface area contributed by atoms with E-state index >= 15 is 0 Å². The molecule has 0 radical (unpaired) electrons. The second kappa shape index (κ2) is 11.2. The number of anilines is 1. The fraction of sp³-hybridized carbons (Fsp3) is 0.320. The van der Waals surface area contributed by atoms with E-state index in [1.165, 1.54) is 0 Å². The van der Waals surface area contributed by atoms with Crippen molar-refractivity contribution in [3.05, 3.63) is 66.9 Å². The van der Waals surface area contributed by atoms with Gasteiger partial charge in [-0.15, -0.1) is 0 Å². The molecule has 0 spiro atoms. The van der Waals surface area contributed by atoms with Gasteiger partial charge in [-0.3, -0.25) is 4.98 Å². The summed E-state index contributed by atoms with van der Waals surface area (Å²) >= 11 is 0. The Morgan fingerprint density at radius 2 is 1.74 bits per heavy atom. The SMILES string of the molecule is [2H]C([2H])(COCC(=O)O)CC([2H])([2H])N(c1cnc(-c2ccccc2)c(-c2ccccc2)n1)C(C([2H])([2H])[2H])C([2H])([2H])[2H]. The third-order valence-corrected chi connectivity index (χ3v) is 4.16. The normalized spacial score (nSPS) is 17.5. The largest absolute Gasteiger partial charge is 0.480 e. The fourth-order valence-electron chi connectivity index (χ4n) is 2.81. The van der Waals surface area contributed by atoms with Crippen LogP contribution >= 0.6 is 0 Å². The first-order valence-electron chi connectivity index (χ1n) is 14.5. The summed E-state index contributed by atoms with van der Waals surface area (Å²) in [4.78, 5) is 20.2. The average molecular weight is 430 g/mol. The molecule has 31 heavy (non-hydrogen) atoms. The van der Waals surface area contributed by atoms with Crippen LogP contribution in [0.3, 0.4) is 0 Å². The lowest BCUT2D eigenvalue weighted by molar-refractivity contribution is -0.142. The first kappa shape index (κ1) is 12.6. The van der Waals surface area contributed by atoms with Gasteiger partial charge in [-0.05, 0) is 26.5 Å². The Balaban J connectivity index is 2.23. The molecule has 0 aliphatic carbocycles. The molecule has 6 nitrogen and oxygen atoms in total. The zero-order valence-electron chi connectivity index (χ0n) is 26.7. The minimum absolute atomic E-state index is 0.220. The molecule has 0 atom stereocenters. The van der Waals surface area contributed by atoms with Crippen molar-refractivity contribution >= 4 is 11.8 Å². The number of nitrogens with zero attached hydrogens (tertiary/aromatic N) is 3. The van der Waals surface area contributed by atoms with Gasteiger partial charge < -0.3 is 14.7 Å². The molecule has 2 aromatic carbocycles. The Hall–Kier alpha value is -3.25. The van der Waals surface area contributed by atoms with Crippen molar-refractivity contribution in [2.75, 3.05) is 24.6 Å². The molecule has 0 aliphatic rings. The maximum atomic E-state index is 10.8. The van der Waals surface area contributed by atoms with Gasteiger partial charge in [0.1, 0.15) is 12.4 Å². The smallest absolute Gasteiger partial charge is 0.329 e. The maximum absolute atomic E-state index is 10.8. The summed E-state index contributed by atoms with van der Waals surface area (Å²) in [6.07, 6.45) is -2.54. The number of carbonyl (C=O) groups is 1. The molecule has 1 N–H and O–H groups in total. The highest BCUT2D eigenvalue weighted by atomic mass is 16.5. The van der Waals surface area contributed by atoms with E-state index in [0.717, 1.165) is 6.20 Å². The predicted molar refractivity (Wildman–Crippen MR) is 123 cm³/mol. The van der Waals surface area contributed by atoms with Gasteiger partial charge in [-0.2, -0.15) is 0 Å². The fourth-order valence-corrected chi connectivity index (χ4v) is 2.81. The molecule has 0 fully saturated rings. The summed E-state index contributed by atoms with van der Waals surface area (Å²) in [6, 6.07) is 15.1. The Bertz CT molecular complexity index is 1310. The van der Waals surface area contributed by atoms with Crippen LogP contribution in [0, 0.1) is 0 Å². The number of benzene rings is 2. The van der Waals surface area contributed by atoms with Crippen molar-refractivity contribution in [1.82, 2.24) is 9.97 Å². The van der Waals surface area contributed by atoms with E-state index in [4.69, 9.17) is 23.6 Å². The van der Waals surface area contributed by atoms with E-state index < -0.39 is 64.0 Å². The van der Waals surface area contributed by atoms with E-state index in [2.05, 4.69) is 9.97 Å². The molecule has 0 saturated carbocycles. The second-order valence-electron chi connectivity index (χ2n) is 6.40. The third-order valence-electron chi connectivity index (χ3n) is 4.16. The molecule has 6 heteroatoms. The van der Waals surface area contributed by atoms with E-state index in [1.54, 1.807) is 60.7 Å². The Morgan fingerprint density at radius 1 is 1.10 bits per heavy atom. The average Bonchev–Trinajstić information content (AvgIpc) is 2.85. The summed E-state index contributed by atoms with van der Waals surface area (Å²) in [7, 11) is 0. The molecule has 0 bridgehead atoms. The molecule has 162 valence electrons. The van der Waals surface area contributed by atoms with Gasteiger partial charge in [0.2, 0.25) is 0 Å². The molecular weight excluding hydrogens is 390 g/mol. The van der Waals surface area contributed by atoms with Crippen LogP contribution < -0.4 is 4.90 Å². The standard InChI is InChI=1S/C25H29N3O3/c1-19(2)28(15-9-10-16-31-18-23(29)30)22-17-26-24(20-11-5-3-6-12-20)25(27-22)21-13-7-4-8-14-21/h3-8,11-14,17,19H,9-10,15-16,18H2,1-2H3,(H,29,30)/i1D3,2D3,10D2,15D2. The lowest BCUT2D eigenvalue weighted by atomic mass is 10.0. The number of carboxylic acids is 1. The Labute approximate surface area is 197 Å². The molecule has 0 saturated heterocycles. The number of aliphatic carboxylic acids is 1. The van der Waals surface area contributed by atoms with Gasteiger partial charge in [0.15, 0.2) is 0 Å². The van der Waals surface area contributed by atoms with E-state index in [-0.39, 0.29) is 5.69 Å². The highest BCUT2D eigenvalue weighted by molar-refractivity contribution is 5.78. The predicted octanol–water partition coefficient (Wildman–Crippen LogP) is 4.91. The second-order valence-corrected chi connectivity index (χ2v) is 6.40. The zero-order chi connectivity index (χ0) is 30.6. The summed E-state index contributed by atoms with van der Waals surface area (Å²) in [6.45, 7) is -11.2. The molecule has 0 aliphatic heterocycles. The molecule has 3 aromatic rings. The van der Waals surface area contributed by atoms with Gasteiger partial charge in [-0.25, -0.2) is 9.78 Å². The first-order chi connectivity index (χ1) is 18.9. The van der Waals surface area contributed by atoms with Crippen LogP contribution in [0.25, 0.3) is 22.5 Å². The summed E-state index contributed by atoms with van der Waals surface area (Å²) in [5.74, 6) is -1.80. The molecule has 1 aromatic heterocycles. The van der Waals surface area contributed by atoms with Crippen molar-refractivity contribution in [3.8, 4) is 22.5 Å². The minimum Gasteiger partial charge on any atom is -0.480 e. The Kier molecular flexibility index (Phi) is 4.55. The molecule has 1 heterocycles. The van der Waals surface area contributed by atoms with Crippen molar-refractivity contribution < 1.29 is 28.3 Å². The van der Waals surface area contributed by atoms with Crippen LogP contribution in [-0.4, -0.2) is 46.8 Å². The molecule has 0 unspecified atom stereocenters. The highest BCUT2D eigenvalue weighted by Crippen LogP contribution is 2.30. The van der Waals surface area contributed by atoms with Crippen molar-refractivity contribution in [2.45, 2.75) is 32.5 Å². The summed E-state index contributed by atoms with van der Waals surface area (Å²) in [5, 5.41) is 8.79. The quantitative estimate of drug-likeness (QED) is 0.467. The number of ether oxygens (including phenoxy) is 1. The summed E-state index contributed by atoms with van der Waals surface area (Å²) in [5.41, 5.74) is 1.78. The van der Waals surface area contributed by atoms with E-state index in [0.29, 0.717) is 21.7 Å². The van der Waals surface area contributed by atoms with Gasteiger partial charge in [-0.1, -0.05) is 60.7 Å². The van der Waals surface area contributed by atoms with Crippen LogP contribution in [0.2, 0.25) is 0 Å². The number of carboxylic acid groups (broad SMARTS) is 1. The Morgan fingerprint density at radius 3 is 2.35 bits per heavy atom. The third kappa shape index (κ3) is 6.36. The van der Waals surface area contributed by atoms with E-state index in [1.807, 2.05) is 0 Å². The number of rotatable bonds is 11. The monoisotopic (exact) mass is 429 g/mol. The number of hydrogen-bond acceptors (Lipinski definition) is 5. The van der Waals surface area contributed by atoms with Crippen LogP contribution in [0.4, 0.5) is 5.82 Å². The van der Waals surface area contributed by atoms with Crippen LogP contribution in [-0.2, 0) is 9.53 Å². The topological polar surface area (TPSA) is 75.6 Å². The van der Waals surface area contributed by atoms with Crippen LogP contribution in [0.15, 0.2) is 66.9 Å². The van der Waals surface area contributed by atoms with Gasteiger partial charge in [0.05, 0.1) is 17.6 Å². The van der Waals surface area contributed by atoms with E-state index in [9.17, 15) is 4.79 Å². The van der Waals surface area contributed by atoms with Crippen molar-refractivity contribution in [1.29, 1.82) is 0 Å². The molecule has 0 amide bonds.